The molecule has 1 amide bonds. The van der Waals surface area contributed by atoms with E-state index in [9.17, 15) is 9.59 Å². The van der Waals surface area contributed by atoms with Gasteiger partial charge in [0.15, 0.2) is 0 Å². The lowest BCUT2D eigenvalue weighted by atomic mass is 9.92. The number of amides is 1. The lowest BCUT2D eigenvalue weighted by Gasteiger charge is -2.33. The highest BCUT2D eigenvalue weighted by molar-refractivity contribution is 5.79. The molecule has 2 aliphatic rings. The van der Waals surface area contributed by atoms with E-state index in [0.717, 1.165) is 38.8 Å². The minimum atomic E-state index is -0.727. The number of nitrogens with zero attached hydrogens (tertiary/aromatic N) is 1. The third-order valence-corrected chi connectivity index (χ3v) is 3.75. The topological polar surface area (TPSA) is 57.6 Å². The zero-order valence-corrected chi connectivity index (χ0v) is 9.97. The van der Waals surface area contributed by atoms with E-state index in [2.05, 4.69) is 12.2 Å². The van der Waals surface area contributed by atoms with Gasteiger partial charge in [0, 0.05) is 25.4 Å². The Morgan fingerprint density at radius 3 is 2.29 bits per heavy atom. The summed E-state index contributed by atoms with van der Waals surface area (Å²) in [6.45, 7) is 1.46. The first kappa shape index (κ1) is 12.1. The smallest absolute Gasteiger partial charge is 0.303 e. The van der Waals surface area contributed by atoms with E-state index in [0.29, 0.717) is 0 Å². The summed E-state index contributed by atoms with van der Waals surface area (Å²) < 4.78 is 0. The number of carbonyl (C=O) groups excluding carboxylic acids is 1. The number of aliphatic carboxylic acids is 1. The van der Waals surface area contributed by atoms with Crippen molar-refractivity contribution in [2.24, 2.45) is 11.8 Å². The van der Waals surface area contributed by atoms with Crippen molar-refractivity contribution >= 4 is 11.9 Å². The predicted octanol–water partition coefficient (Wildman–Crippen LogP) is 1.67. The molecule has 0 radical (unpaired) electrons. The fourth-order valence-electron chi connectivity index (χ4n) is 2.68. The molecule has 0 spiro atoms. The molecule has 0 aromatic heterocycles. The van der Waals surface area contributed by atoms with E-state index >= 15 is 0 Å². The monoisotopic (exact) mass is 237 g/mol. The quantitative estimate of drug-likeness (QED) is 0.759. The molecule has 0 aromatic rings. The van der Waals surface area contributed by atoms with Crippen LogP contribution in [-0.2, 0) is 9.59 Å². The van der Waals surface area contributed by atoms with Crippen LogP contribution in [0.1, 0.15) is 32.1 Å². The first-order valence-corrected chi connectivity index (χ1v) is 6.32. The largest absolute Gasteiger partial charge is 0.481 e. The Labute approximate surface area is 101 Å². The van der Waals surface area contributed by atoms with Crippen molar-refractivity contribution in [1.82, 2.24) is 4.90 Å². The molecule has 4 heteroatoms. The first-order valence-electron chi connectivity index (χ1n) is 6.32. The standard InChI is InChI=1S/C13H19NO3/c15-12(16)9-10-5-7-14(8-6-10)13(17)11-3-1-2-4-11/h1-2,10-11H,3-9H2,(H,15,16). The maximum absolute atomic E-state index is 12.1. The number of carboxylic acid groups (broad SMARTS) is 1. The summed E-state index contributed by atoms with van der Waals surface area (Å²) in [5.74, 6) is -0.0807. The molecular weight excluding hydrogens is 218 g/mol. The highest BCUT2D eigenvalue weighted by Crippen LogP contribution is 2.25. The number of rotatable bonds is 3. The molecule has 0 aromatic carbocycles. The Bertz CT molecular complexity index is 322. The van der Waals surface area contributed by atoms with Crippen LogP contribution < -0.4 is 0 Å². The van der Waals surface area contributed by atoms with Gasteiger partial charge in [-0.1, -0.05) is 12.2 Å². The molecule has 1 N–H and O–H groups in total. The van der Waals surface area contributed by atoms with Gasteiger partial charge in [0.2, 0.25) is 5.91 Å². The van der Waals surface area contributed by atoms with Crippen LogP contribution in [0.15, 0.2) is 12.2 Å². The van der Waals surface area contributed by atoms with Crippen molar-refractivity contribution in [1.29, 1.82) is 0 Å². The molecule has 1 aliphatic carbocycles. The highest BCUT2D eigenvalue weighted by Gasteiger charge is 2.28. The molecule has 0 atom stereocenters. The van der Waals surface area contributed by atoms with Crippen LogP contribution in [0.2, 0.25) is 0 Å². The second-order valence-electron chi connectivity index (χ2n) is 5.01. The molecule has 0 bridgehead atoms. The number of likely N-dealkylation sites (tertiary alicyclic amines) is 1. The zero-order chi connectivity index (χ0) is 12.3. The predicted molar refractivity (Wildman–Crippen MR) is 63.4 cm³/mol. The summed E-state index contributed by atoms with van der Waals surface area (Å²) in [5, 5.41) is 8.72. The lowest BCUT2D eigenvalue weighted by Crippen LogP contribution is -2.41. The van der Waals surface area contributed by atoms with Crippen LogP contribution in [0, 0.1) is 11.8 Å². The van der Waals surface area contributed by atoms with Crippen LogP contribution in [-0.4, -0.2) is 35.0 Å². The van der Waals surface area contributed by atoms with Crippen molar-refractivity contribution in [2.75, 3.05) is 13.1 Å². The molecule has 2 rings (SSSR count). The minimum absolute atomic E-state index is 0.144. The van der Waals surface area contributed by atoms with Gasteiger partial charge in [0.05, 0.1) is 0 Å². The number of carbonyl (C=O) groups is 2. The fraction of sp³-hybridized carbons (Fsp3) is 0.692. The zero-order valence-electron chi connectivity index (χ0n) is 9.97. The van der Waals surface area contributed by atoms with Gasteiger partial charge in [0.25, 0.3) is 0 Å². The number of allylic oxidation sites excluding steroid dienone is 2. The Morgan fingerprint density at radius 2 is 1.76 bits per heavy atom. The van der Waals surface area contributed by atoms with Gasteiger partial charge in [0.1, 0.15) is 0 Å². The van der Waals surface area contributed by atoms with Crippen molar-refractivity contribution < 1.29 is 14.7 Å². The van der Waals surface area contributed by atoms with Gasteiger partial charge in [-0.25, -0.2) is 0 Å². The summed E-state index contributed by atoms with van der Waals surface area (Å²) in [4.78, 5) is 24.6. The van der Waals surface area contributed by atoms with Crippen molar-refractivity contribution in [3.63, 3.8) is 0 Å². The van der Waals surface area contributed by atoms with E-state index in [1.54, 1.807) is 0 Å². The second kappa shape index (κ2) is 5.34. The summed E-state index contributed by atoms with van der Waals surface area (Å²) >= 11 is 0. The molecule has 0 saturated carbocycles. The van der Waals surface area contributed by atoms with E-state index in [-0.39, 0.29) is 24.2 Å². The van der Waals surface area contributed by atoms with E-state index < -0.39 is 5.97 Å². The Kier molecular flexibility index (Phi) is 3.82. The molecule has 4 nitrogen and oxygen atoms in total. The third-order valence-electron chi connectivity index (χ3n) is 3.75. The summed E-state index contributed by atoms with van der Waals surface area (Å²) in [6, 6.07) is 0. The Balaban J connectivity index is 1.78. The molecule has 1 fully saturated rings. The van der Waals surface area contributed by atoms with E-state index in [1.807, 2.05) is 4.90 Å². The second-order valence-corrected chi connectivity index (χ2v) is 5.01. The van der Waals surface area contributed by atoms with E-state index in [4.69, 9.17) is 5.11 Å². The highest BCUT2D eigenvalue weighted by atomic mass is 16.4. The molecule has 0 unspecified atom stereocenters. The van der Waals surface area contributed by atoms with Gasteiger partial charge in [-0.05, 0) is 31.6 Å². The number of carboxylic acids is 1. The molecular formula is C13H19NO3. The maximum atomic E-state index is 12.1. The van der Waals surface area contributed by atoms with Crippen molar-refractivity contribution in [3.05, 3.63) is 12.2 Å². The SMILES string of the molecule is O=C(O)CC1CCN(C(=O)C2CC=CC2)CC1. The van der Waals surface area contributed by atoms with Crippen molar-refractivity contribution in [3.8, 4) is 0 Å². The lowest BCUT2D eigenvalue weighted by molar-refractivity contribution is -0.139. The van der Waals surface area contributed by atoms with Crippen molar-refractivity contribution in [2.45, 2.75) is 32.1 Å². The average Bonchev–Trinajstić information content (AvgIpc) is 2.82. The molecule has 1 heterocycles. The van der Waals surface area contributed by atoms with Crippen LogP contribution in [0.5, 0.6) is 0 Å². The third kappa shape index (κ3) is 3.08. The molecule has 1 aliphatic heterocycles. The van der Waals surface area contributed by atoms with Gasteiger partial charge >= 0.3 is 5.97 Å². The fourth-order valence-corrected chi connectivity index (χ4v) is 2.68. The van der Waals surface area contributed by atoms with Crippen LogP contribution in [0.3, 0.4) is 0 Å². The first-order chi connectivity index (χ1) is 8.16. The minimum Gasteiger partial charge on any atom is -0.481 e. The number of piperidine rings is 1. The Morgan fingerprint density at radius 1 is 1.18 bits per heavy atom. The molecule has 17 heavy (non-hydrogen) atoms. The van der Waals surface area contributed by atoms with Crippen LogP contribution >= 0.6 is 0 Å². The number of hydrogen-bond acceptors (Lipinski definition) is 2. The van der Waals surface area contributed by atoms with Gasteiger partial charge in [-0.2, -0.15) is 0 Å². The summed E-state index contributed by atoms with van der Waals surface area (Å²) in [5.41, 5.74) is 0. The summed E-state index contributed by atoms with van der Waals surface area (Å²) in [7, 11) is 0. The Hall–Kier alpha value is -1.32. The van der Waals surface area contributed by atoms with Crippen LogP contribution in [0.4, 0.5) is 0 Å². The number of hydrogen-bond donors (Lipinski definition) is 1. The maximum Gasteiger partial charge on any atom is 0.303 e. The summed E-state index contributed by atoms with van der Waals surface area (Å²) in [6.07, 6.45) is 7.78. The normalized spacial score (nSPS) is 22.0. The average molecular weight is 237 g/mol. The van der Waals surface area contributed by atoms with Gasteiger partial charge < -0.3 is 10.0 Å². The van der Waals surface area contributed by atoms with Gasteiger partial charge in [-0.3, -0.25) is 9.59 Å². The van der Waals surface area contributed by atoms with Crippen LogP contribution in [0.25, 0.3) is 0 Å². The molecule has 94 valence electrons. The van der Waals surface area contributed by atoms with Gasteiger partial charge in [-0.15, -0.1) is 0 Å². The van der Waals surface area contributed by atoms with E-state index in [1.165, 1.54) is 0 Å². The molecule has 1 saturated heterocycles.